The van der Waals surface area contributed by atoms with E-state index in [2.05, 4.69) is 39.1 Å². The van der Waals surface area contributed by atoms with Gasteiger partial charge in [0.25, 0.3) is 0 Å². The Balaban J connectivity index is 2.83. The minimum Gasteiger partial charge on any atom is -0.496 e. The van der Waals surface area contributed by atoms with Crippen molar-refractivity contribution in [2.75, 3.05) is 19.8 Å². The second-order valence-corrected chi connectivity index (χ2v) is 5.08. The topological polar surface area (TPSA) is 30.5 Å². The van der Waals surface area contributed by atoms with Gasteiger partial charge >= 0.3 is 0 Å². The molecule has 2 atom stereocenters. The summed E-state index contributed by atoms with van der Waals surface area (Å²) in [5.41, 5.74) is -0.187. The van der Waals surface area contributed by atoms with Crippen LogP contribution >= 0.6 is 0 Å². The van der Waals surface area contributed by atoms with Gasteiger partial charge in [0.1, 0.15) is 5.76 Å². The highest BCUT2D eigenvalue weighted by atomic mass is 16.5. The average Bonchev–Trinajstić information content (AvgIpc) is 2.40. The first-order valence-electron chi connectivity index (χ1n) is 7.38. The lowest BCUT2D eigenvalue weighted by Crippen LogP contribution is -2.52. The molecule has 0 spiro atoms. The largest absolute Gasteiger partial charge is 0.496 e. The Bertz CT molecular complexity index is 265. The smallest absolute Gasteiger partial charge is 0.112 e. The van der Waals surface area contributed by atoms with Gasteiger partial charge in [-0.1, -0.05) is 13.8 Å². The molecule has 0 fully saturated rings. The minimum atomic E-state index is -0.187. The maximum atomic E-state index is 6.01. The number of hydrogen-bond donors (Lipinski definition) is 1. The van der Waals surface area contributed by atoms with Crippen LogP contribution in [0.1, 0.15) is 53.4 Å². The number of hydrogen-bond acceptors (Lipinski definition) is 3. The van der Waals surface area contributed by atoms with Gasteiger partial charge in [-0.15, -0.1) is 0 Å². The fourth-order valence-electron chi connectivity index (χ4n) is 2.40. The molecule has 0 aromatic carbocycles. The van der Waals surface area contributed by atoms with Gasteiger partial charge in [0.05, 0.1) is 18.2 Å². The first kappa shape index (κ1) is 15.5. The fourth-order valence-corrected chi connectivity index (χ4v) is 2.40. The summed E-state index contributed by atoms with van der Waals surface area (Å²) in [7, 11) is 0. The van der Waals surface area contributed by atoms with Crippen LogP contribution in [0.25, 0.3) is 0 Å². The lowest BCUT2D eigenvalue weighted by molar-refractivity contribution is -0.0594. The molecule has 1 heterocycles. The van der Waals surface area contributed by atoms with Gasteiger partial charge in [-0.2, -0.15) is 0 Å². The molecule has 0 saturated heterocycles. The maximum absolute atomic E-state index is 6.01. The maximum Gasteiger partial charge on any atom is 0.112 e. The van der Waals surface area contributed by atoms with Crippen molar-refractivity contribution in [3.8, 4) is 0 Å². The molecule has 1 N–H and O–H groups in total. The average molecular weight is 255 g/mol. The van der Waals surface area contributed by atoms with Crippen LogP contribution in [0.15, 0.2) is 11.8 Å². The van der Waals surface area contributed by atoms with Crippen molar-refractivity contribution in [1.29, 1.82) is 0 Å². The zero-order chi connectivity index (χ0) is 13.4. The van der Waals surface area contributed by atoms with E-state index in [1.807, 2.05) is 0 Å². The zero-order valence-electron chi connectivity index (χ0n) is 12.4. The first-order chi connectivity index (χ1) is 8.68. The van der Waals surface area contributed by atoms with E-state index in [0.717, 1.165) is 51.2 Å². The minimum absolute atomic E-state index is 0.169. The third-order valence-electron chi connectivity index (χ3n) is 3.63. The summed E-state index contributed by atoms with van der Waals surface area (Å²) in [6.45, 7) is 11.2. The molecular formula is C15H29NO2. The van der Waals surface area contributed by atoms with Gasteiger partial charge in [-0.05, 0) is 52.2 Å². The molecule has 1 rings (SSSR count). The molecule has 0 saturated carbocycles. The molecule has 1 aliphatic heterocycles. The monoisotopic (exact) mass is 255 g/mol. The van der Waals surface area contributed by atoms with Gasteiger partial charge < -0.3 is 14.8 Å². The van der Waals surface area contributed by atoms with Crippen molar-refractivity contribution < 1.29 is 9.47 Å². The quantitative estimate of drug-likeness (QED) is 0.722. The standard InChI is InChI=1S/C15H29NO2/c1-5-11-16-14(13-10-8-9-12-17-13)15(4,6-2)18-7-3/h10,14,16H,5-9,11-12H2,1-4H3. The molecule has 0 aliphatic carbocycles. The lowest BCUT2D eigenvalue weighted by Gasteiger charge is -2.39. The third kappa shape index (κ3) is 3.99. The summed E-state index contributed by atoms with van der Waals surface area (Å²) in [6.07, 6.45) is 6.56. The molecule has 2 unspecified atom stereocenters. The fraction of sp³-hybridized carbons (Fsp3) is 0.867. The van der Waals surface area contributed by atoms with Gasteiger partial charge in [0.2, 0.25) is 0 Å². The van der Waals surface area contributed by atoms with Crippen LogP contribution in [0.3, 0.4) is 0 Å². The van der Waals surface area contributed by atoms with Gasteiger partial charge in [-0.25, -0.2) is 0 Å². The van der Waals surface area contributed by atoms with Gasteiger partial charge in [0, 0.05) is 6.61 Å². The number of rotatable bonds is 8. The van der Waals surface area contributed by atoms with E-state index in [4.69, 9.17) is 9.47 Å². The van der Waals surface area contributed by atoms with Crippen molar-refractivity contribution in [2.24, 2.45) is 0 Å². The predicted molar refractivity (Wildman–Crippen MR) is 75.7 cm³/mol. The van der Waals surface area contributed by atoms with Gasteiger partial charge in [0.15, 0.2) is 0 Å². The highest BCUT2D eigenvalue weighted by Crippen LogP contribution is 2.28. The van der Waals surface area contributed by atoms with Crippen molar-refractivity contribution >= 4 is 0 Å². The summed E-state index contributed by atoms with van der Waals surface area (Å²) in [6, 6.07) is 0.169. The Hall–Kier alpha value is -0.540. The Labute approximate surface area is 112 Å². The molecule has 0 bridgehead atoms. The Morgan fingerprint density at radius 2 is 2.22 bits per heavy atom. The molecular weight excluding hydrogens is 226 g/mol. The molecule has 3 nitrogen and oxygen atoms in total. The van der Waals surface area contributed by atoms with E-state index in [-0.39, 0.29) is 11.6 Å². The number of nitrogens with one attached hydrogen (secondary N) is 1. The Kier molecular flexibility index (Phi) is 6.72. The summed E-state index contributed by atoms with van der Waals surface area (Å²) in [4.78, 5) is 0. The molecule has 0 aromatic heterocycles. The highest BCUT2D eigenvalue weighted by Gasteiger charge is 2.37. The van der Waals surface area contributed by atoms with Crippen molar-refractivity contribution in [3.05, 3.63) is 11.8 Å². The van der Waals surface area contributed by atoms with Crippen LogP contribution in [-0.2, 0) is 9.47 Å². The van der Waals surface area contributed by atoms with E-state index in [1.54, 1.807) is 0 Å². The van der Waals surface area contributed by atoms with Crippen LogP contribution in [0, 0.1) is 0 Å². The molecule has 18 heavy (non-hydrogen) atoms. The molecule has 106 valence electrons. The molecule has 0 aromatic rings. The van der Waals surface area contributed by atoms with E-state index in [0.29, 0.717) is 0 Å². The van der Waals surface area contributed by atoms with Crippen molar-refractivity contribution in [1.82, 2.24) is 5.32 Å². The molecule has 1 aliphatic rings. The summed E-state index contributed by atoms with van der Waals surface area (Å²) in [5.74, 6) is 1.08. The summed E-state index contributed by atoms with van der Waals surface area (Å²) < 4.78 is 11.9. The highest BCUT2D eigenvalue weighted by molar-refractivity contribution is 5.12. The van der Waals surface area contributed by atoms with Crippen LogP contribution in [0.4, 0.5) is 0 Å². The normalized spacial score (nSPS) is 20.8. The number of allylic oxidation sites excluding steroid dienone is 1. The van der Waals surface area contributed by atoms with Crippen LogP contribution < -0.4 is 5.32 Å². The lowest BCUT2D eigenvalue weighted by atomic mass is 9.90. The molecule has 0 amide bonds. The van der Waals surface area contributed by atoms with Crippen molar-refractivity contribution in [3.63, 3.8) is 0 Å². The zero-order valence-corrected chi connectivity index (χ0v) is 12.4. The second kappa shape index (κ2) is 7.80. The van der Waals surface area contributed by atoms with Crippen molar-refractivity contribution in [2.45, 2.75) is 65.0 Å². The molecule has 0 radical (unpaired) electrons. The number of ether oxygens (including phenoxy) is 2. The molecule has 3 heteroatoms. The van der Waals surface area contributed by atoms with Gasteiger partial charge in [-0.3, -0.25) is 0 Å². The van der Waals surface area contributed by atoms with Crippen LogP contribution in [0.2, 0.25) is 0 Å². The van der Waals surface area contributed by atoms with Crippen LogP contribution in [-0.4, -0.2) is 31.4 Å². The predicted octanol–water partition coefficient (Wildman–Crippen LogP) is 3.25. The first-order valence-corrected chi connectivity index (χ1v) is 7.38. The van der Waals surface area contributed by atoms with E-state index in [9.17, 15) is 0 Å². The SMILES string of the molecule is CCCNC(C1=CCCCO1)C(C)(CC)OCC. The van der Waals surface area contributed by atoms with E-state index >= 15 is 0 Å². The Morgan fingerprint density at radius 3 is 2.72 bits per heavy atom. The summed E-state index contributed by atoms with van der Waals surface area (Å²) >= 11 is 0. The second-order valence-electron chi connectivity index (χ2n) is 5.08. The van der Waals surface area contributed by atoms with Crippen LogP contribution in [0.5, 0.6) is 0 Å². The van der Waals surface area contributed by atoms with E-state index in [1.165, 1.54) is 0 Å². The summed E-state index contributed by atoms with van der Waals surface area (Å²) in [5, 5.41) is 3.60. The van der Waals surface area contributed by atoms with E-state index < -0.39 is 0 Å². The Morgan fingerprint density at radius 1 is 1.44 bits per heavy atom. The third-order valence-corrected chi connectivity index (χ3v) is 3.63.